The fraction of sp³-hybridized carbons (Fsp3) is 0.190. The number of anilines is 1. The Hall–Kier alpha value is -2.85. The third-order valence-corrected chi connectivity index (χ3v) is 4.09. The zero-order valence-electron chi connectivity index (χ0n) is 14.6. The number of likely N-dealkylation sites (N-methyl/N-ethyl adjacent to an activating group) is 1. The highest BCUT2D eigenvalue weighted by molar-refractivity contribution is 6.04. The average molecular weight is 333 g/mol. The monoisotopic (exact) mass is 333 g/mol. The van der Waals surface area contributed by atoms with Crippen molar-refractivity contribution in [3.8, 4) is 5.69 Å². The van der Waals surface area contributed by atoms with Crippen LogP contribution >= 0.6 is 0 Å². The van der Waals surface area contributed by atoms with E-state index in [9.17, 15) is 4.79 Å². The summed E-state index contributed by atoms with van der Waals surface area (Å²) in [6.07, 6.45) is 4.96. The van der Waals surface area contributed by atoms with Crippen molar-refractivity contribution in [1.29, 1.82) is 0 Å². The highest BCUT2D eigenvalue weighted by Crippen LogP contribution is 2.14. The Morgan fingerprint density at radius 2 is 1.60 bits per heavy atom. The molecule has 128 valence electrons. The fourth-order valence-electron chi connectivity index (χ4n) is 2.60. The van der Waals surface area contributed by atoms with E-state index in [0.717, 1.165) is 24.3 Å². The van der Waals surface area contributed by atoms with Crippen LogP contribution in [0.1, 0.15) is 15.9 Å². The fourth-order valence-corrected chi connectivity index (χ4v) is 2.60. The molecule has 1 N–H and O–H groups in total. The van der Waals surface area contributed by atoms with Gasteiger partial charge in [0.2, 0.25) is 0 Å². The van der Waals surface area contributed by atoms with Gasteiger partial charge in [0.25, 0.3) is 5.91 Å². The van der Waals surface area contributed by atoms with Crippen LogP contribution in [0.2, 0.25) is 0 Å². The Kier molecular flexibility index (Phi) is 5.31. The Morgan fingerprint density at radius 3 is 2.20 bits per heavy atom. The molecule has 1 amide bonds. The zero-order valence-corrected chi connectivity index (χ0v) is 14.6. The summed E-state index contributed by atoms with van der Waals surface area (Å²) in [5.41, 5.74) is 3.76. The van der Waals surface area contributed by atoms with Crippen LogP contribution in [0.25, 0.3) is 5.69 Å². The molecule has 0 saturated heterocycles. The highest BCUT2D eigenvalue weighted by Gasteiger charge is 2.06. The Bertz CT molecular complexity index is 803. The van der Waals surface area contributed by atoms with Crippen LogP contribution in [-0.4, -0.2) is 36.0 Å². The van der Waals surface area contributed by atoms with Gasteiger partial charge in [-0.25, -0.2) is 0 Å². The summed E-state index contributed by atoms with van der Waals surface area (Å²) in [5, 5.41) is 2.95. The number of hydrogen-bond donors (Lipinski definition) is 1. The molecule has 3 aromatic rings. The summed E-state index contributed by atoms with van der Waals surface area (Å²) < 4.78 is 2.01. The van der Waals surface area contributed by atoms with Crippen molar-refractivity contribution < 1.29 is 4.79 Å². The lowest BCUT2D eigenvalue weighted by Crippen LogP contribution is -2.15. The number of benzene rings is 2. The molecular formula is C21H23N3O. The van der Waals surface area contributed by atoms with Crippen molar-refractivity contribution in [1.82, 2.24) is 9.47 Å². The van der Waals surface area contributed by atoms with Gasteiger partial charge in [-0.2, -0.15) is 0 Å². The van der Waals surface area contributed by atoms with Crippen LogP contribution in [0, 0.1) is 0 Å². The second-order valence-electron chi connectivity index (χ2n) is 6.34. The van der Waals surface area contributed by atoms with Gasteiger partial charge in [0.15, 0.2) is 0 Å². The standard InChI is InChI=1S/C21H23N3O/c1-23(2)16-13-17-5-9-19(10-6-17)22-21(25)18-7-11-20(12-8-18)24-14-3-4-15-24/h3-12,14-15H,13,16H2,1-2H3,(H,22,25). The van der Waals surface area contributed by atoms with Crippen LogP contribution < -0.4 is 5.32 Å². The molecular weight excluding hydrogens is 310 g/mol. The maximum absolute atomic E-state index is 12.4. The quantitative estimate of drug-likeness (QED) is 0.744. The first-order valence-electron chi connectivity index (χ1n) is 8.40. The highest BCUT2D eigenvalue weighted by atomic mass is 16.1. The van der Waals surface area contributed by atoms with Crippen LogP contribution in [0.4, 0.5) is 5.69 Å². The molecule has 4 nitrogen and oxygen atoms in total. The summed E-state index contributed by atoms with van der Waals surface area (Å²) in [4.78, 5) is 14.5. The molecule has 0 aliphatic heterocycles. The first-order valence-corrected chi connectivity index (χ1v) is 8.40. The molecule has 0 bridgehead atoms. The molecule has 0 aliphatic carbocycles. The van der Waals surface area contributed by atoms with Crippen LogP contribution in [0.3, 0.4) is 0 Å². The van der Waals surface area contributed by atoms with E-state index < -0.39 is 0 Å². The number of rotatable bonds is 6. The summed E-state index contributed by atoms with van der Waals surface area (Å²) in [7, 11) is 4.13. The van der Waals surface area contributed by atoms with Crippen molar-refractivity contribution in [2.24, 2.45) is 0 Å². The van der Waals surface area contributed by atoms with Gasteiger partial charge in [0.1, 0.15) is 0 Å². The summed E-state index contributed by atoms with van der Waals surface area (Å²) in [5.74, 6) is -0.0971. The number of amides is 1. The van der Waals surface area contributed by atoms with E-state index >= 15 is 0 Å². The Morgan fingerprint density at radius 1 is 0.960 bits per heavy atom. The molecule has 0 aliphatic rings. The van der Waals surface area contributed by atoms with Gasteiger partial charge in [-0.05, 0) is 74.6 Å². The lowest BCUT2D eigenvalue weighted by molar-refractivity contribution is 0.102. The molecule has 0 atom stereocenters. The number of carbonyl (C=O) groups is 1. The molecule has 0 saturated carbocycles. The largest absolute Gasteiger partial charge is 0.324 e. The van der Waals surface area contributed by atoms with E-state index in [4.69, 9.17) is 0 Å². The average Bonchev–Trinajstić information content (AvgIpc) is 3.16. The van der Waals surface area contributed by atoms with Gasteiger partial charge in [-0.15, -0.1) is 0 Å². The van der Waals surface area contributed by atoms with Gasteiger partial charge in [0, 0.05) is 35.9 Å². The van der Waals surface area contributed by atoms with E-state index in [1.165, 1.54) is 5.56 Å². The molecule has 4 heteroatoms. The van der Waals surface area contributed by atoms with Gasteiger partial charge in [-0.3, -0.25) is 4.79 Å². The van der Waals surface area contributed by atoms with E-state index in [-0.39, 0.29) is 5.91 Å². The molecule has 0 spiro atoms. The molecule has 0 unspecified atom stereocenters. The molecule has 0 radical (unpaired) electrons. The molecule has 1 aromatic heterocycles. The Labute approximate surface area is 148 Å². The minimum atomic E-state index is -0.0971. The SMILES string of the molecule is CN(C)CCc1ccc(NC(=O)c2ccc(-n3cccc3)cc2)cc1. The predicted molar refractivity (Wildman–Crippen MR) is 102 cm³/mol. The van der Waals surface area contributed by atoms with Crippen molar-refractivity contribution in [2.75, 3.05) is 26.0 Å². The van der Waals surface area contributed by atoms with Crippen LogP contribution in [-0.2, 0) is 6.42 Å². The molecule has 0 fully saturated rings. The normalized spacial score (nSPS) is 10.8. The van der Waals surface area contributed by atoms with Crippen molar-refractivity contribution >= 4 is 11.6 Å². The second-order valence-corrected chi connectivity index (χ2v) is 6.34. The Balaban J connectivity index is 1.62. The van der Waals surface area contributed by atoms with E-state index in [0.29, 0.717) is 5.56 Å². The van der Waals surface area contributed by atoms with Crippen molar-refractivity contribution in [3.63, 3.8) is 0 Å². The van der Waals surface area contributed by atoms with Gasteiger partial charge >= 0.3 is 0 Å². The first-order chi connectivity index (χ1) is 12.1. The lowest BCUT2D eigenvalue weighted by Gasteiger charge is -2.10. The molecule has 1 heterocycles. The number of nitrogens with zero attached hydrogens (tertiary/aromatic N) is 2. The number of hydrogen-bond acceptors (Lipinski definition) is 2. The van der Waals surface area contributed by atoms with Crippen molar-refractivity contribution in [2.45, 2.75) is 6.42 Å². The maximum atomic E-state index is 12.4. The summed E-state index contributed by atoms with van der Waals surface area (Å²) >= 11 is 0. The maximum Gasteiger partial charge on any atom is 0.255 e. The zero-order chi connectivity index (χ0) is 17.6. The molecule has 25 heavy (non-hydrogen) atoms. The minimum Gasteiger partial charge on any atom is -0.324 e. The number of aromatic nitrogens is 1. The second kappa shape index (κ2) is 7.81. The predicted octanol–water partition coefficient (Wildman–Crippen LogP) is 3.83. The van der Waals surface area contributed by atoms with Gasteiger partial charge in [-0.1, -0.05) is 12.1 Å². The number of nitrogens with one attached hydrogen (secondary N) is 1. The van der Waals surface area contributed by atoms with Gasteiger partial charge in [0.05, 0.1) is 0 Å². The van der Waals surface area contributed by atoms with E-state index in [1.54, 1.807) is 0 Å². The third kappa shape index (κ3) is 4.58. The molecule has 2 aromatic carbocycles. The smallest absolute Gasteiger partial charge is 0.255 e. The van der Waals surface area contributed by atoms with Gasteiger partial charge < -0.3 is 14.8 Å². The molecule has 3 rings (SSSR count). The topological polar surface area (TPSA) is 37.3 Å². The van der Waals surface area contributed by atoms with E-state index in [2.05, 4.69) is 36.4 Å². The summed E-state index contributed by atoms with van der Waals surface area (Å²) in [6, 6.07) is 19.6. The third-order valence-electron chi connectivity index (χ3n) is 4.09. The first kappa shape index (κ1) is 17.0. The van der Waals surface area contributed by atoms with Crippen LogP contribution in [0.5, 0.6) is 0 Å². The van der Waals surface area contributed by atoms with Crippen molar-refractivity contribution in [3.05, 3.63) is 84.2 Å². The minimum absolute atomic E-state index is 0.0971. The number of carbonyl (C=O) groups excluding carboxylic acids is 1. The van der Waals surface area contributed by atoms with E-state index in [1.807, 2.05) is 65.5 Å². The summed E-state index contributed by atoms with van der Waals surface area (Å²) in [6.45, 7) is 1.01. The lowest BCUT2D eigenvalue weighted by atomic mass is 10.1. The van der Waals surface area contributed by atoms with Crippen LogP contribution in [0.15, 0.2) is 73.1 Å².